The topological polar surface area (TPSA) is 175 Å². The highest BCUT2D eigenvalue weighted by Crippen LogP contribution is 2.43. The standard InChI is InChI=1S/C43H78NO10P/c1-3-5-7-9-11-12-13-14-15-16-17-18-19-20-21-25-29-33-42(47)51-37-39(38-53-55(49,50)52-36-35-44)54-43(48)34-30-26-22-24-28-32-41(46)40(45)31-27-23-10-8-6-4-2/h14-15,17-18,20-21,23,27,39-41,45-46H,3-13,16,19,22,24-26,28-38,44H2,1-2H3,(H,49,50)/b15-14-,18-17-,21-20-,27-23-/t39-,40+,41+/m1/s1. The van der Waals surface area contributed by atoms with Crippen molar-refractivity contribution < 1.29 is 47.8 Å². The number of phosphoric ester groups is 1. The lowest BCUT2D eigenvalue weighted by molar-refractivity contribution is -0.161. The highest BCUT2D eigenvalue weighted by Gasteiger charge is 2.26. The Morgan fingerprint density at radius 2 is 1.15 bits per heavy atom. The summed E-state index contributed by atoms with van der Waals surface area (Å²) in [6.07, 6.45) is 36.0. The maximum atomic E-state index is 12.6. The molecule has 0 aromatic heterocycles. The molecule has 4 atom stereocenters. The van der Waals surface area contributed by atoms with Crippen LogP contribution in [0.5, 0.6) is 0 Å². The molecule has 55 heavy (non-hydrogen) atoms. The first-order chi connectivity index (χ1) is 26.6. The van der Waals surface area contributed by atoms with Gasteiger partial charge < -0.3 is 30.3 Å². The van der Waals surface area contributed by atoms with Crippen molar-refractivity contribution in [2.24, 2.45) is 5.73 Å². The molecule has 0 heterocycles. The summed E-state index contributed by atoms with van der Waals surface area (Å²) in [6.45, 7) is 3.42. The normalized spacial score (nSPS) is 14.9. The summed E-state index contributed by atoms with van der Waals surface area (Å²) in [7, 11) is -4.43. The van der Waals surface area contributed by atoms with E-state index >= 15 is 0 Å². The lowest BCUT2D eigenvalue weighted by Gasteiger charge is -2.19. The van der Waals surface area contributed by atoms with Gasteiger partial charge in [-0.05, 0) is 70.6 Å². The first-order valence-corrected chi connectivity index (χ1v) is 22.8. The summed E-state index contributed by atoms with van der Waals surface area (Å²) >= 11 is 0. The van der Waals surface area contributed by atoms with E-state index in [9.17, 15) is 29.3 Å². The van der Waals surface area contributed by atoms with Gasteiger partial charge in [0.15, 0.2) is 6.10 Å². The van der Waals surface area contributed by atoms with E-state index in [0.717, 1.165) is 57.8 Å². The number of esters is 2. The summed E-state index contributed by atoms with van der Waals surface area (Å²) in [5.41, 5.74) is 5.33. The minimum atomic E-state index is -4.43. The number of rotatable bonds is 39. The second-order valence-electron chi connectivity index (χ2n) is 14.2. The Balaban J connectivity index is 4.38. The van der Waals surface area contributed by atoms with Crippen molar-refractivity contribution in [2.75, 3.05) is 26.4 Å². The number of carbonyl (C=O) groups is 2. The van der Waals surface area contributed by atoms with Crippen molar-refractivity contribution in [2.45, 2.75) is 186 Å². The van der Waals surface area contributed by atoms with Gasteiger partial charge in [0.2, 0.25) is 0 Å². The summed E-state index contributed by atoms with van der Waals surface area (Å²) < 4.78 is 32.6. The van der Waals surface area contributed by atoms with Crippen molar-refractivity contribution in [3.63, 3.8) is 0 Å². The van der Waals surface area contributed by atoms with Crippen molar-refractivity contribution in [3.8, 4) is 0 Å². The smallest absolute Gasteiger partial charge is 0.462 e. The molecule has 0 aliphatic carbocycles. The van der Waals surface area contributed by atoms with Crippen molar-refractivity contribution in [1.82, 2.24) is 0 Å². The zero-order chi connectivity index (χ0) is 40.7. The molecule has 320 valence electrons. The summed E-state index contributed by atoms with van der Waals surface area (Å²) in [6, 6.07) is 0. The van der Waals surface area contributed by atoms with Gasteiger partial charge >= 0.3 is 19.8 Å². The molecule has 1 unspecified atom stereocenters. The Morgan fingerprint density at radius 1 is 0.618 bits per heavy atom. The number of carbonyl (C=O) groups excluding carboxylic acids is 2. The number of unbranched alkanes of at least 4 members (excludes halogenated alkanes) is 14. The Bertz CT molecular complexity index is 1080. The van der Waals surface area contributed by atoms with Gasteiger partial charge in [0.25, 0.3) is 0 Å². The van der Waals surface area contributed by atoms with Gasteiger partial charge in [0, 0.05) is 19.4 Å². The molecule has 0 rings (SSSR count). The number of aliphatic hydroxyl groups is 2. The summed E-state index contributed by atoms with van der Waals surface area (Å²) in [5.74, 6) is -1.00. The molecule has 0 radical (unpaired) electrons. The molecule has 0 aromatic rings. The van der Waals surface area contributed by atoms with Gasteiger partial charge in [-0.25, -0.2) is 4.57 Å². The van der Waals surface area contributed by atoms with Crippen LogP contribution in [-0.4, -0.2) is 71.7 Å². The van der Waals surface area contributed by atoms with Crippen LogP contribution in [0.25, 0.3) is 0 Å². The van der Waals surface area contributed by atoms with Gasteiger partial charge in [0.05, 0.1) is 25.4 Å². The third-order valence-corrected chi connectivity index (χ3v) is 9.87. The quantitative estimate of drug-likeness (QED) is 0.0202. The van der Waals surface area contributed by atoms with E-state index in [-0.39, 0.29) is 32.6 Å². The number of allylic oxidation sites excluding steroid dienone is 7. The third kappa shape index (κ3) is 37.2. The van der Waals surface area contributed by atoms with Gasteiger partial charge in [0.1, 0.15) is 6.61 Å². The molecule has 0 aromatic carbocycles. The number of aliphatic hydroxyl groups excluding tert-OH is 2. The fourth-order valence-corrected chi connectivity index (χ4v) is 6.32. The van der Waals surface area contributed by atoms with Crippen molar-refractivity contribution >= 4 is 19.8 Å². The Hall–Kier alpha value is -2.11. The molecule has 0 aliphatic rings. The summed E-state index contributed by atoms with van der Waals surface area (Å²) in [4.78, 5) is 34.8. The number of hydrogen-bond donors (Lipinski definition) is 4. The predicted octanol–water partition coefficient (Wildman–Crippen LogP) is 9.88. The lowest BCUT2D eigenvalue weighted by atomic mass is 10.0. The number of phosphoric acid groups is 1. The van der Waals surface area contributed by atoms with Gasteiger partial charge in [-0.15, -0.1) is 0 Å². The van der Waals surface area contributed by atoms with Gasteiger partial charge in [-0.1, -0.05) is 133 Å². The van der Waals surface area contributed by atoms with Crippen LogP contribution in [0.4, 0.5) is 0 Å². The highest BCUT2D eigenvalue weighted by molar-refractivity contribution is 7.47. The van der Waals surface area contributed by atoms with Crippen LogP contribution in [0.15, 0.2) is 48.6 Å². The molecule has 0 fully saturated rings. The molecule has 12 heteroatoms. The molecule has 0 bridgehead atoms. The van der Waals surface area contributed by atoms with Crippen LogP contribution in [-0.2, 0) is 32.7 Å². The average Bonchev–Trinajstić information content (AvgIpc) is 3.17. The average molecular weight is 800 g/mol. The van der Waals surface area contributed by atoms with Crippen LogP contribution in [0.1, 0.15) is 168 Å². The predicted molar refractivity (Wildman–Crippen MR) is 222 cm³/mol. The fraction of sp³-hybridized carbons (Fsp3) is 0.767. The second kappa shape index (κ2) is 38.7. The molecule has 0 amide bonds. The van der Waals surface area contributed by atoms with Crippen LogP contribution >= 0.6 is 7.82 Å². The maximum absolute atomic E-state index is 12.6. The maximum Gasteiger partial charge on any atom is 0.472 e. The molecule has 0 spiro atoms. The molecule has 0 saturated heterocycles. The zero-order valence-electron chi connectivity index (χ0n) is 34.4. The van der Waals surface area contributed by atoms with E-state index in [0.29, 0.717) is 32.1 Å². The van der Waals surface area contributed by atoms with Crippen LogP contribution in [0.2, 0.25) is 0 Å². The van der Waals surface area contributed by atoms with E-state index in [4.69, 9.17) is 24.3 Å². The number of hydrogen-bond acceptors (Lipinski definition) is 10. The minimum absolute atomic E-state index is 0.0201. The van der Waals surface area contributed by atoms with E-state index in [1.54, 1.807) is 0 Å². The van der Waals surface area contributed by atoms with E-state index < -0.39 is 44.7 Å². The molecule has 11 nitrogen and oxygen atoms in total. The highest BCUT2D eigenvalue weighted by atomic mass is 31.2. The molecular formula is C43H78NO10P. The van der Waals surface area contributed by atoms with E-state index in [2.05, 4.69) is 50.3 Å². The molecule has 5 N–H and O–H groups in total. The minimum Gasteiger partial charge on any atom is -0.462 e. The van der Waals surface area contributed by atoms with Crippen molar-refractivity contribution in [3.05, 3.63) is 48.6 Å². The molecule has 0 aliphatic heterocycles. The largest absolute Gasteiger partial charge is 0.472 e. The van der Waals surface area contributed by atoms with Crippen molar-refractivity contribution in [1.29, 1.82) is 0 Å². The van der Waals surface area contributed by atoms with Crippen LogP contribution in [0, 0.1) is 0 Å². The Kier molecular flexibility index (Phi) is 37.3. The lowest BCUT2D eigenvalue weighted by Crippen LogP contribution is -2.29. The Labute approximate surface area is 333 Å². The molecule has 0 saturated carbocycles. The monoisotopic (exact) mass is 800 g/mol. The number of ether oxygens (including phenoxy) is 2. The van der Waals surface area contributed by atoms with Gasteiger partial charge in [-0.3, -0.25) is 18.6 Å². The summed E-state index contributed by atoms with van der Waals surface area (Å²) in [5, 5.41) is 20.4. The third-order valence-electron chi connectivity index (χ3n) is 8.89. The Morgan fingerprint density at radius 3 is 1.82 bits per heavy atom. The van der Waals surface area contributed by atoms with Gasteiger partial charge in [-0.2, -0.15) is 0 Å². The van der Waals surface area contributed by atoms with Crippen LogP contribution < -0.4 is 5.73 Å². The SMILES string of the molecule is CCCCC/C=C\C[C@H](O)[C@@H](O)CCCCCCCC(=O)O[C@H](COC(=O)CCC/C=C\C/C=C\C/C=C\CCCCCCCC)COP(=O)(O)OCCN. The molecular weight excluding hydrogens is 721 g/mol. The number of nitrogens with two attached hydrogens (primary N) is 1. The van der Waals surface area contributed by atoms with Crippen LogP contribution in [0.3, 0.4) is 0 Å². The van der Waals surface area contributed by atoms with E-state index in [1.165, 1.54) is 51.4 Å². The first-order valence-electron chi connectivity index (χ1n) is 21.3. The second-order valence-corrected chi connectivity index (χ2v) is 15.6. The zero-order valence-corrected chi connectivity index (χ0v) is 35.3. The first kappa shape index (κ1) is 52.9. The van der Waals surface area contributed by atoms with E-state index in [1.807, 2.05) is 12.2 Å². The fourth-order valence-electron chi connectivity index (χ4n) is 5.55.